The van der Waals surface area contributed by atoms with Crippen molar-refractivity contribution < 1.29 is 23.9 Å². The van der Waals surface area contributed by atoms with Crippen molar-refractivity contribution in [3.05, 3.63) is 35.4 Å². The molecule has 2 aliphatic rings. The summed E-state index contributed by atoms with van der Waals surface area (Å²) < 4.78 is 11.0. The van der Waals surface area contributed by atoms with Crippen LogP contribution in [-0.2, 0) is 14.3 Å². The molecule has 1 aromatic carbocycles. The lowest BCUT2D eigenvalue weighted by atomic mass is 10.1. The molecule has 6 nitrogen and oxygen atoms in total. The third-order valence-corrected chi connectivity index (χ3v) is 3.65. The van der Waals surface area contributed by atoms with Gasteiger partial charge in [-0.05, 0) is 25.5 Å². The van der Waals surface area contributed by atoms with Gasteiger partial charge in [-0.15, -0.1) is 5.06 Å². The normalized spacial score (nSPS) is 20.1. The molecule has 1 saturated heterocycles. The molecule has 21 heavy (non-hydrogen) atoms. The topological polar surface area (TPSA) is 65.1 Å². The zero-order chi connectivity index (χ0) is 14.9. The number of carbonyl (C=O) groups excluding carboxylic acids is 2. The highest BCUT2D eigenvalue weighted by Gasteiger charge is 2.36. The van der Waals surface area contributed by atoms with Crippen molar-refractivity contribution in [2.75, 3.05) is 19.8 Å². The Morgan fingerprint density at radius 1 is 1.14 bits per heavy atom. The number of ether oxygens (including phenoxy) is 2. The van der Waals surface area contributed by atoms with Gasteiger partial charge in [-0.25, -0.2) is 0 Å². The molecule has 0 saturated carbocycles. The molecule has 1 fully saturated rings. The Labute approximate surface area is 122 Å². The lowest BCUT2D eigenvalue weighted by molar-refractivity contribution is -0.155. The van der Waals surface area contributed by atoms with Crippen LogP contribution < -0.4 is 0 Å². The molecule has 0 aromatic heterocycles. The minimum absolute atomic E-state index is 0.258. The van der Waals surface area contributed by atoms with Gasteiger partial charge in [0.05, 0.1) is 30.9 Å². The first-order valence-electron chi connectivity index (χ1n) is 6.99. The molecular formula is C15H17NO5. The van der Waals surface area contributed by atoms with Crippen LogP contribution >= 0.6 is 0 Å². The van der Waals surface area contributed by atoms with E-state index in [1.54, 1.807) is 24.3 Å². The van der Waals surface area contributed by atoms with Gasteiger partial charge in [0, 0.05) is 6.42 Å². The highest BCUT2D eigenvalue weighted by atomic mass is 16.7. The van der Waals surface area contributed by atoms with Gasteiger partial charge >= 0.3 is 0 Å². The highest BCUT2D eigenvalue weighted by molar-refractivity contribution is 6.20. The van der Waals surface area contributed by atoms with Crippen LogP contribution in [0.1, 0.15) is 40.5 Å². The molecule has 6 heteroatoms. The maximum absolute atomic E-state index is 12.1. The van der Waals surface area contributed by atoms with E-state index >= 15 is 0 Å². The fourth-order valence-corrected chi connectivity index (χ4v) is 2.53. The lowest BCUT2D eigenvalue weighted by Crippen LogP contribution is -2.31. The van der Waals surface area contributed by atoms with Crippen LogP contribution in [0.3, 0.4) is 0 Å². The van der Waals surface area contributed by atoms with Crippen LogP contribution in [0, 0.1) is 0 Å². The molecule has 0 aliphatic carbocycles. The van der Waals surface area contributed by atoms with Gasteiger partial charge in [0.1, 0.15) is 0 Å². The van der Waals surface area contributed by atoms with Crippen molar-refractivity contribution in [2.24, 2.45) is 0 Å². The Morgan fingerprint density at radius 2 is 1.71 bits per heavy atom. The number of imide groups is 1. The van der Waals surface area contributed by atoms with Crippen molar-refractivity contribution in [3.8, 4) is 0 Å². The molecule has 0 radical (unpaired) electrons. The van der Waals surface area contributed by atoms with E-state index in [9.17, 15) is 9.59 Å². The minimum Gasteiger partial charge on any atom is -0.348 e. The quantitative estimate of drug-likeness (QED) is 0.611. The number of fused-ring (bicyclic) bond motifs is 1. The molecule has 2 heterocycles. The SMILES string of the molecule is CC1(CCCON2C(=O)c3ccccc3C2=O)OCCO1. The summed E-state index contributed by atoms with van der Waals surface area (Å²) in [7, 11) is 0. The number of hydrogen-bond acceptors (Lipinski definition) is 5. The number of rotatable bonds is 5. The Bertz CT molecular complexity index is 530. The Kier molecular flexibility index (Phi) is 3.75. The first kappa shape index (κ1) is 14.2. The lowest BCUT2D eigenvalue weighted by Gasteiger charge is -2.22. The number of carbonyl (C=O) groups is 2. The van der Waals surface area contributed by atoms with Crippen molar-refractivity contribution in [3.63, 3.8) is 0 Å². The smallest absolute Gasteiger partial charge is 0.285 e. The van der Waals surface area contributed by atoms with Crippen molar-refractivity contribution in [2.45, 2.75) is 25.6 Å². The minimum atomic E-state index is -0.578. The summed E-state index contributed by atoms with van der Waals surface area (Å²) in [6.07, 6.45) is 1.28. The van der Waals surface area contributed by atoms with Crippen LogP contribution in [-0.4, -0.2) is 42.5 Å². The van der Waals surface area contributed by atoms with Gasteiger partial charge in [-0.3, -0.25) is 14.4 Å². The van der Waals surface area contributed by atoms with E-state index in [1.165, 1.54) is 0 Å². The van der Waals surface area contributed by atoms with E-state index in [0.29, 0.717) is 37.2 Å². The zero-order valence-electron chi connectivity index (χ0n) is 11.8. The second-order valence-electron chi connectivity index (χ2n) is 5.22. The molecule has 0 unspecified atom stereocenters. The predicted molar refractivity (Wildman–Crippen MR) is 72.4 cm³/mol. The van der Waals surface area contributed by atoms with Gasteiger partial charge in [-0.1, -0.05) is 12.1 Å². The van der Waals surface area contributed by atoms with Gasteiger partial charge in [0.2, 0.25) is 0 Å². The van der Waals surface area contributed by atoms with Crippen molar-refractivity contribution >= 4 is 11.8 Å². The number of amides is 2. The first-order valence-corrected chi connectivity index (χ1v) is 6.99. The second-order valence-corrected chi connectivity index (χ2v) is 5.22. The molecule has 0 bridgehead atoms. The third kappa shape index (κ3) is 2.70. The van der Waals surface area contributed by atoms with Crippen LogP contribution in [0.2, 0.25) is 0 Å². The number of benzene rings is 1. The van der Waals surface area contributed by atoms with Gasteiger partial charge in [0.15, 0.2) is 5.79 Å². The molecule has 2 amide bonds. The van der Waals surface area contributed by atoms with Crippen LogP contribution in [0.25, 0.3) is 0 Å². The predicted octanol–water partition coefficient (Wildman–Crippen LogP) is 1.76. The van der Waals surface area contributed by atoms with E-state index in [1.807, 2.05) is 6.92 Å². The molecule has 3 rings (SSSR count). The van der Waals surface area contributed by atoms with E-state index in [2.05, 4.69) is 0 Å². The van der Waals surface area contributed by atoms with Crippen LogP contribution in [0.15, 0.2) is 24.3 Å². The molecule has 0 N–H and O–H groups in total. The molecule has 2 aliphatic heterocycles. The summed E-state index contributed by atoms with van der Waals surface area (Å²) in [5.74, 6) is -1.39. The summed E-state index contributed by atoms with van der Waals surface area (Å²) in [5.41, 5.74) is 0.772. The number of hydrogen-bond donors (Lipinski definition) is 0. The second kappa shape index (κ2) is 5.55. The fraction of sp³-hybridized carbons (Fsp3) is 0.467. The van der Waals surface area contributed by atoms with Gasteiger partial charge in [-0.2, -0.15) is 0 Å². The van der Waals surface area contributed by atoms with Crippen molar-refractivity contribution in [1.82, 2.24) is 5.06 Å². The zero-order valence-corrected chi connectivity index (χ0v) is 11.8. The first-order chi connectivity index (χ1) is 10.1. The van der Waals surface area contributed by atoms with Crippen LogP contribution in [0.4, 0.5) is 0 Å². The largest absolute Gasteiger partial charge is 0.348 e. The number of hydroxylamine groups is 2. The van der Waals surface area contributed by atoms with E-state index < -0.39 is 17.6 Å². The summed E-state index contributed by atoms with van der Waals surface area (Å²) in [6, 6.07) is 6.70. The molecular weight excluding hydrogens is 274 g/mol. The highest BCUT2D eigenvalue weighted by Crippen LogP contribution is 2.25. The Balaban J connectivity index is 1.53. The summed E-state index contributed by atoms with van der Waals surface area (Å²) in [6.45, 7) is 3.32. The molecule has 1 aromatic rings. The summed E-state index contributed by atoms with van der Waals surface area (Å²) in [5, 5.41) is 0.837. The van der Waals surface area contributed by atoms with E-state index in [4.69, 9.17) is 14.3 Å². The molecule has 0 spiro atoms. The maximum atomic E-state index is 12.1. The fourth-order valence-electron chi connectivity index (χ4n) is 2.53. The monoisotopic (exact) mass is 291 g/mol. The van der Waals surface area contributed by atoms with Crippen LogP contribution in [0.5, 0.6) is 0 Å². The summed E-state index contributed by atoms with van der Waals surface area (Å²) in [4.78, 5) is 29.4. The Morgan fingerprint density at radius 3 is 2.29 bits per heavy atom. The van der Waals surface area contributed by atoms with E-state index in [0.717, 1.165) is 5.06 Å². The maximum Gasteiger partial charge on any atom is 0.285 e. The van der Waals surface area contributed by atoms with Gasteiger partial charge in [0.25, 0.3) is 11.8 Å². The number of nitrogens with zero attached hydrogens (tertiary/aromatic N) is 1. The average molecular weight is 291 g/mol. The third-order valence-electron chi connectivity index (χ3n) is 3.65. The molecule has 112 valence electrons. The summed E-state index contributed by atoms with van der Waals surface area (Å²) >= 11 is 0. The van der Waals surface area contributed by atoms with Crippen molar-refractivity contribution in [1.29, 1.82) is 0 Å². The van der Waals surface area contributed by atoms with E-state index in [-0.39, 0.29) is 6.61 Å². The Hall–Kier alpha value is -1.76. The van der Waals surface area contributed by atoms with Gasteiger partial charge < -0.3 is 9.47 Å². The molecule has 0 atom stereocenters. The standard InChI is InChI=1S/C15H17NO5/c1-15(19-9-10-20-15)7-4-8-21-16-13(17)11-5-2-3-6-12(11)14(16)18/h2-3,5-6H,4,7-10H2,1H3. The average Bonchev–Trinajstić information content (AvgIpc) is 3.02.